The lowest BCUT2D eigenvalue weighted by Crippen LogP contribution is -2.61. The minimum Gasteiger partial charge on any atom is -0.443 e. The summed E-state index contributed by atoms with van der Waals surface area (Å²) in [4.78, 5) is 30.7. The van der Waals surface area contributed by atoms with Crippen molar-refractivity contribution in [2.75, 3.05) is 13.1 Å². The van der Waals surface area contributed by atoms with Gasteiger partial charge in [0, 0.05) is 13.0 Å². The quantitative estimate of drug-likeness (QED) is 0.820. The van der Waals surface area contributed by atoms with E-state index in [4.69, 9.17) is 9.57 Å². The maximum absolute atomic E-state index is 12.1. The van der Waals surface area contributed by atoms with Crippen molar-refractivity contribution in [2.24, 2.45) is 0 Å². The van der Waals surface area contributed by atoms with Crippen molar-refractivity contribution in [3.63, 3.8) is 0 Å². The van der Waals surface area contributed by atoms with Crippen LogP contribution in [0.15, 0.2) is 30.3 Å². The first-order valence-electron chi connectivity index (χ1n) is 7.87. The fourth-order valence-corrected chi connectivity index (χ4v) is 2.79. The van der Waals surface area contributed by atoms with Crippen LogP contribution in [0.2, 0.25) is 0 Å². The first-order valence-corrected chi connectivity index (χ1v) is 7.87. The Hall–Kier alpha value is -2.16. The molecule has 2 N–H and O–H groups in total. The van der Waals surface area contributed by atoms with E-state index in [0.29, 0.717) is 19.4 Å². The Balaban J connectivity index is 1.62. The smallest absolute Gasteiger partial charge is 0.434 e. The molecule has 24 heavy (non-hydrogen) atoms. The molecule has 0 bridgehead atoms. The van der Waals surface area contributed by atoms with Crippen molar-refractivity contribution in [1.29, 1.82) is 0 Å². The van der Waals surface area contributed by atoms with E-state index in [1.807, 2.05) is 30.3 Å². The van der Waals surface area contributed by atoms with Crippen molar-refractivity contribution in [2.45, 2.75) is 37.9 Å². The van der Waals surface area contributed by atoms with Crippen LogP contribution in [-0.4, -0.2) is 63.7 Å². The molecule has 2 saturated heterocycles. The van der Waals surface area contributed by atoms with Crippen LogP contribution in [0, 0.1) is 0 Å². The summed E-state index contributed by atoms with van der Waals surface area (Å²) in [5, 5.41) is 20.9. The molecule has 0 spiro atoms. The summed E-state index contributed by atoms with van der Waals surface area (Å²) in [7, 11) is 0. The van der Waals surface area contributed by atoms with Crippen LogP contribution < -0.4 is 0 Å². The van der Waals surface area contributed by atoms with E-state index in [-0.39, 0.29) is 19.1 Å². The van der Waals surface area contributed by atoms with Gasteiger partial charge < -0.3 is 19.8 Å². The molecule has 0 unspecified atom stereocenters. The second-order valence-electron chi connectivity index (χ2n) is 5.85. The van der Waals surface area contributed by atoms with Crippen LogP contribution in [-0.2, 0) is 21.0 Å². The topological polar surface area (TPSA) is 99.5 Å². The number of hydroxylamine groups is 2. The minimum atomic E-state index is -1.27. The Labute approximate surface area is 139 Å². The molecule has 0 radical (unpaired) electrons. The summed E-state index contributed by atoms with van der Waals surface area (Å²) in [6.45, 7) is 0.249. The SMILES string of the molecule is O=C(OCc1ccccc1)N1C[C@H](O)[C@H](O)[C@@H](N2CCCC2=O)O1. The van der Waals surface area contributed by atoms with Crippen molar-refractivity contribution in [1.82, 2.24) is 9.96 Å². The minimum absolute atomic E-state index is 0.0610. The number of carbonyl (C=O) groups is 2. The van der Waals surface area contributed by atoms with E-state index >= 15 is 0 Å². The maximum atomic E-state index is 12.1. The number of hydrogen-bond donors (Lipinski definition) is 2. The lowest BCUT2D eigenvalue weighted by atomic mass is 10.1. The van der Waals surface area contributed by atoms with E-state index in [2.05, 4.69) is 0 Å². The van der Waals surface area contributed by atoms with Gasteiger partial charge in [0.1, 0.15) is 18.8 Å². The predicted octanol–water partition coefficient (Wildman–Crippen LogP) is 0.241. The number of aliphatic hydroxyl groups is 2. The number of β-amino-alcohol motifs (C(OH)–C–C–N with tert-alkyl or cyclic N) is 1. The lowest BCUT2D eigenvalue weighted by Gasteiger charge is -2.41. The number of ether oxygens (including phenoxy) is 1. The average Bonchev–Trinajstić information content (AvgIpc) is 3.02. The molecule has 8 nitrogen and oxygen atoms in total. The molecule has 2 fully saturated rings. The Kier molecular flexibility index (Phi) is 4.98. The predicted molar refractivity (Wildman–Crippen MR) is 81.2 cm³/mol. The summed E-state index contributed by atoms with van der Waals surface area (Å²) in [6.07, 6.45) is -3.35. The normalized spacial score (nSPS) is 27.4. The Bertz CT molecular complexity index is 595. The van der Waals surface area contributed by atoms with E-state index in [9.17, 15) is 19.8 Å². The molecular formula is C16H20N2O6. The molecule has 0 aliphatic carbocycles. The summed E-state index contributed by atoms with van der Waals surface area (Å²) in [5.41, 5.74) is 0.815. The molecule has 130 valence electrons. The van der Waals surface area contributed by atoms with Crippen molar-refractivity contribution >= 4 is 12.0 Å². The van der Waals surface area contributed by atoms with Crippen LogP contribution in [0.1, 0.15) is 18.4 Å². The highest BCUT2D eigenvalue weighted by molar-refractivity contribution is 5.78. The summed E-state index contributed by atoms with van der Waals surface area (Å²) >= 11 is 0. The number of hydrogen-bond acceptors (Lipinski definition) is 6. The van der Waals surface area contributed by atoms with E-state index < -0.39 is 24.5 Å². The average molecular weight is 336 g/mol. The lowest BCUT2D eigenvalue weighted by molar-refractivity contribution is -0.293. The summed E-state index contributed by atoms with van der Waals surface area (Å²) in [6, 6.07) is 9.14. The highest BCUT2D eigenvalue weighted by atomic mass is 16.7. The van der Waals surface area contributed by atoms with Crippen molar-refractivity contribution in [3.05, 3.63) is 35.9 Å². The molecular weight excluding hydrogens is 316 g/mol. The molecule has 3 atom stereocenters. The fraction of sp³-hybridized carbons (Fsp3) is 0.500. The molecule has 2 aliphatic rings. The van der Waals surface area contributed by atoms with Gasteiger partial charge in [0.05, 0.1) is 6.54 Å². The van der Waals surface area contributed by atoms with Crippen LogP contribution in [0.25, 0.3) is 0 Å². The largest absolute Gasteiger partial charge is 0.443 e. The van der Waals surface area contributed by atoms with Crippen LogP contribution in [0.5, 0.6) is 0 Å². The summed E-state index contributed by atoms with van der Waals surface area (Å²) < 4.78 is 5.15. The maximum Gasteiger partial charge on any atom is 0.434 e. The van der Waals surface area contributed by atoms with Gasteiger partial charge in [0.15, 0.2) is 6.23 Å². The highest BCUT2D eigenvalue weighted by Gasteiger charge is 2.44. The molecule has 1 aromatic carbocycles. The molecule has 3 rings (SSSR count). The third-order valence-corrected chi connectivity index (χ3v) is 4.10. The zero-order chi connectivity index (χ0) is 17.1. The van der Waals surface area contributed by atoms with Gasteiger partial charge in [-0.25, -0.2) is 9.63 Å². The number of aliphatic hydroxyl groups excluding tert-OH is 2. The van der Waals surface area contributed by atoms with Gasteiger partial charge in [0.2, 0.25) is 5.91 Å². The third-order valence-electron chi connectivity index (χ3n) is 4.10. The Morgan fingerprint density at radius 3 is 2.71 bits per heavy atom. The van der Waals surface area contributed by atoms with E-state index in [1.54, 1.807) is 0 Å². The van der Waals surface area contributed by atoms with E-state index in [1.165, 1.54) is 4.90 Å². The van der Waals surface area contributed by atoms with Crippen LogP contribution in [0.3, 0.4) is 0 Å². The van der Waals surface area contributed by atoms with E-state index in [0.717, 1.165) is 10.6 Å². The molecule has 8 heteroatoms. The van der Waals surface area contributed by atoms with Gasteiger partial charge in [-0.3, -0.25) is 4.79 Å². The molecule has 2 amide bonds. The third kappa shape index (κ3) is 3.50. The number of amides is 2. The van der Waals surface area contributed by atoms with Gasteiger partial charge in [-0.1, -0.05) is 30.3 Å². The number of carbonyl (C=O) groups excluding carboxylic acids is 2. The fourth-order valence-electron chi connectivity index (χ4n) is 2.79. The van der Waals surface area contributed by atoms with Gasteiger partial charge >= 0.3 is 6.09 Å². The number of likely N-dealkylation sites (tertiary alicyclic amines) is 1. The van der Waals surface area contributed by atoms with Gasteiger partial charge in [-0.15, -0.1) is 0 Å². The monoisotopic (exact) mass is 336 g/mol. The first kappa shape index (κ1) is 16.7. The second kappa shape index (κ2) is 7.16. The highest BCUT2D eigenvalue weighted by Crippen LogP contribution is 2.24. The Morgan fingerprint density at radius 2 is 2.04 bits per heavy atom. The Morgan fingerprint density at radius 1 is 1.29 bits per heavy atom. The molecule has 2 heterocycles. The first-order chi connectivity index (χ1) is 11.6. The number of rotatable bonds is 3. The van der Waals surface area contributed by atoms with Gasteiger partial charge in [0.25, 0.3) is 0 Å². The number of benzene rings is 1. The van der Waals surface area contributed by atoms with Crippen molar-refractivity contribution < 1.29 is 29.4 Å². The molecule has 2 aliphatic heterocycles. The molecule has 0 saturated carbocycles. The zero-order valence-electron chi connectivity index (χ0n) is 13.1. The van der Waals surface area contributed by atoms with Crippen molar-refractivity contribution in [3.8, 4) is 0 Å². The van der Waals surface area contributed by atoms with Gasteiger partial charge in [-0.2, -0.15) is 5.06 Å². The zero-order valence-corrected chi connectivity index (χ0v) is 13.1. The molecule has 0 aromatic heterocycles. The van der Waals surface area contributed by atoms with Gasteiger partial charge in [-0.05, 0) is 12.0 Å². The number of nitrogens with zero attached hydrogens (tertiary/aromatic N) is 2. The van der Waals surface area contributed by atoms with Crippen LogP contribution in [0.4, 0.5) is 4.79 Å². The second-order valence-corrected chi connectivity index (χ2v) is 5.85. The molecule has 1 aromatic rings. The standard InChI is InChI=1S/C16H20N2O6/c19-12-9-18(16(22)23-10-11-5-2-1-3-6-11)24-15(14(12)21)17-8-4-7-13(17)20/h1-3,5-6,12,14-15,19,21H,4,7-10H2/t12-,14-,15-/m0/s1. The van der Waals surface area contributed by atoms with Crippen LogP contribution >= 0.6 is 0 Å². The summed E-state index contributed by atoms with van der Waals surface area (Å²) in [5.74, 6) is -0.175.